The van der Waals surface area contributed by atoms with Crippen molar-refractivity contribution in [3.05, 3.63) is 42.0 Å². The minimum Gasteiger partial charge on any atom is -0.466 e. The van der Waals surface area contributed by atoms with Crippen LogP contribution in [0, 0.1) is 0 Å². The second kappa shape index (κ2) is 7.25. The molecule has 2 aromatic heterocycles. The summed E-state index contributed by atoms with van der Waals surface area (Å²) < 4.78 is 17.2. The lowest BCUT2D eigenvalue weighted by Crippen LogP contribution is -2.41. The molecule has 0 radical (unpaired) electrons. The van der Waals surface area contributed by atoms with Gasteiger partial charge in [-0.1, -0.05) is 34.1 Å². The van der Waals surface area contributed by atoms with Gasteiger partial charge in [0, 0.05) is 0 Å². The molecule has 0 saturated heterocycles. The largest absolute Gasteiger partial charge is 0.466 e. The molecule has 2 aromatic rings. The molecule has 2 heterocycles. The van der Waals surface area contributed by atoms with E-state index in [1.54, 1.807) is 18.4 Å². The second-order valence-electron chi connectivity index (χ2n) is 7.68. The van der Waals surface area contributed by atoms with E-state index in [1.165, 1.54) is 6.26 Å². The van der Waals surface area contributed by atoms with Gasteiger partial charge in [0.25, 0.3) is 0 Å². The number of furan rings is 1. The maximum atomic E-state index is 10.3. The van der Waals surface area contributed by atoms with Crippen molar-refractivity contribution in [3.63, 3.8) is 0 Å². The Labute approximate surface area is 145 Å². The van der Waals surface area contributed by atoms with Crippen molar-refractivity contribution < 1.29 is 18.4 Å². The number of hydrogen-bond donors (Lipinski definition) is 1. The second-order valence-corrected chi connectivity index (χ2v) is 12.4. The van der Waals surface area contributed by atoms with Crippen LogP contribution in [0.5, 0.6) is 0 Å². The number of aliphatic hydroxyl groups excluding tert-OH is 1. The molecule has 0 aromatic carbocycles. The van der Waals surface area contributed by atoms with Gasteiger partial charge in [0.15, 0.2) is 14.4 Å². The standard InChI is InChI=1S/C18H29NO4Si/c1-7-9-14(23-24(5,6)18(2,3)4)13-12-22-17(19-13)16(20)15-10-8-11-21-15/h8,10-12,14,16,20H,7,9H2,1-6H3. The molecular weight excluding hydrogens is 322 g/mol. The van der Waals surface area contributed by atoms with E-state index in [9.17, 15) is 5.11 Å². The van der Waals surface area contributed by atoms with Gasteiger partial charge in [-0.3, -0.25) is 0 Å². The third-order valence-corrected chi connectivity index (χ3v) is 9.20. The predicted octanol–water partition coefficient (Wildman–Crippen LogP) is 5.21. The summed E-state index contributed by atoms with van der Waals surface area (Å²) in [5.41, 5.74) is 0.738. The van der Waals surface area contributed by atoms with Crippen molar-refractivity contribution in [1.82, 2.24) is 4.98 Å². The minimum atomic E-state index is -1.92. The van der Waals surface area contributed by atoms with E-state index in [4.69, 9.17) is 13.3 Å². The first kappa shape index (κ1) is 19.0. The lowest BCUT2D eigenvalue weighted by molar-refractivity contribution is 0.155. The predicted molar refractivity (Wildman–Crippen MR) is 95.2 cm³/mol. The fraction of sp³-hybridized carbons (Fsp3) is 0.611. The molecule has 0 bridgehead atoms. The molecule has 2 atom stereocenters. The third-order valence-electron chi connectivity index (χ3n) is 4.71. The van der Waals surface area contributed by atoms with Crippen molar-refractivity contribution >= 4 is 8.32 Å². The van der Waals surface area contributed by atoms with E-state index >= 15 is 0 Å². The van der Waals surface area contributed by atoms with Crippen LogP contribution in [0.1, 0.15) is 70.1 Å². The summed E-state index contributed by atoms with van der Waals surface area (Å²) in [6, 6.07) is 3.42. The molecule has 0 amide bonds. The Kier molecular flexibility index (Phi) is 5.73. The molecule has 2 rings (SSSR count). The van der Waals surface area contributed by atoms with Gasteiger partial charge in [-0.2, -0.15) is 0 Å². The molecule has 2 unspecified atom stereocenters. The van der Waals surface area contributed by atoms with Crippen LogP contribution < -0.4 is 0 Å². The smallest absolute Gasteiger partial charge is 0.231 e. The van der Waals surface area contributed by atoms with Crippen molar-refractivity contribution in [3.8, 4) is 0 Å². The van der Waals surface area contributed by atoms with E-state index in [0.29, 0.717) is 5.76 Å². The zero-order chi connectivity index (χ0) is 18.0. The first-order valence-corrected chi connectivity index (χ1v) is 11.4. The fourth-order valence-electron chi connectivity index (χ4n) is 2.20. The highest BCUT2D eigenvalue weighted by Gasteiger charge is 2.40. The number of aromatic nitrogens is 1. The van der Waals surface area contributed by atoms with E-state index < -0.39 is 14.4 Å². The van der Waals surface area contributed by atoms with Gasteiger partial charge in [0.2, 0.25) is 5.89 Å². The normalized spacial score (nSPS) is 15.5. The lowest BCUT2D eigenvalue weighted by atomic mass is 10.2. The molecule has 0 aliphatic heterocycles. The average molecular weight is 352 g/mol. The van der Waals surface area contributed by atoms with Crippen molar-refractivity contribution in [2.24, 2.45) is 0 Å². The average Bonchev–Trinajstić information content (AvgIpc) is 3.16. The van der Waals surface area contributed by atoms with Crippen LogP contribution in [0.15, 0.2) is 33.5 Å². The van der Waals surface area contributed by atoms with Crippen LogP contribution in [0.4, 0.5) is 0 Å². The monoisotopic (exact) mass is 351 g/mol. The maximum absolute atomic E-state index is 10.3. The van der Waals surface area contributed by atoms with E-state index in [0.717, 1.165) is 18.5 Å². The lowest BCUT2D eigenvalue weighted by Gasteiger charge is -2.38. The number of aliphatic hydroxyl groups is 1. The zero-order valence-corrected chi connectivity index (χ0v) is 16.5. The summed E-state index contributed by atoms with van der Waals surface area (Å²) in [6.45, 7) is 13.2. The molecule has 5 nitrogen and oxygen atoms in total. The van der Waals surface area contributed by atoms with Crippen molar-refractivity contribution in [2.75, 3.05) is 0 Å². The highest BCUT2D eigenvalue weighted by atomic mass is 28.4. The van der Waals surface area contributed by atoms with Crippen LogP contribution in [-0.2, 0) is 4.43 Å². The van der Waals surface area contributed by atoms with Gasteiger partial charge >= 0.3 is 0 Å². The van der Waals surface area contributed by atoms with E-state index in [-0.39, 0.29) is 17.0 Å². The van der Waals surface area contributed by atoms with E-state index in [2.05, 4.69) is 45.8 Å². The van der Waals surface area contributed by atoms with Crippen LogP contribution in [-0.4, -0.2) is 18.4 Å². The highest BCUT2D eigenvalue weighted by Crippen LogP contribution is 2.40. The molecule has 24 heavy (non-hydrogen) atoms. The summed E-state index contributed by atoms with van der Waals surface area (Å²) in [4.78, 5) is 4.47. The van der Waals surface area contributed by atoms with Gasteiger partial charge in [-0.15, -0.1) is 0 Å². The Bertz CT molecular complexity index is 628. The summed E-state index contributed by atoms with van der Waals surface area (Å²) in [5.74, 6) is 0.653. The SMILES string of the molecule is CCCC(O[Si](C)(C)C(C)(C)C)c1coc(C(O)c2ccco2)n1. The minimum absolute atomic E-state index is 0.114. The number of oxazole rings is 1. The summed E-state index contributed by atoms with van der Waals surface area (Å²) in [6.07, 6.45) is 3.86. The molecule has 0 aliphatic rings. The Morgan fingerprint density at radius 1 is 1.29 bits per heavy atom. The quantitative estimate of drug-likeness (QED) is 0.693. The van der Waals surface area contributed by atoms with Gasteiger partial charge < -0.3 is 18.4 Å². The van der Waals surface area contributed by atoms with Gasteiger partial charge in [0.1, 0.15) is 17.7 Å². The fourth-order valence-corrected chi connectivity index (χ4v) is 3.51. The van der Waals surface area contributed by atoms with Gasteiger partial charge in [-0.05, 0) is 36.7 Å². The van der Waals surface area contributed by atoms with Crippen molar-refractivity contribution in [2.45, 2.75) is 70.9 Å². The topological polar surface area (TPSA) is 68.6 Å². The molecular formula is C18H29NO4Si. The molecule has 6 heteroatoms. The van der Waals surface area contributed by atoms with Crippen LogP contribution in [0.2, 0.25) is 18.1 Å². The molecule has 134 valence electrons. The summed E-state index contributed by atoms with van der Waals surface area (Å²) in [7, 11) is -1.92. The first-order chi connectivity index (χ1) is 11.2. The summed E-state index contributed by atoms with van der Waals surface area (Å²) >= 11 is 0. The Hall–Kier alpha value is -1.37. The third kappa shape index (κ3) is 4.17. The molecule has 0 fully saturated rings. The summed E-state index contributed by atoms with van der Waals surface area (Å²) in [5, 5.41) is 10.4. The maximum Gasteiger partial charge on any atom is 0.231 e. The first-order valence-electron chi connectivity index (χ1n) is 8.50. The molecule has 0 spiro atoms. The number of rotatable bonds is 7. The van der Waals surface area contributed by atoms with Gasteiger partial charge in [-0.25, -0.2) is 4.98 Å². The molecule has 1 N–H and O–H groups in total. The van der Waals surface area contributed by atoms with Crippen LogP contribution in [0.25, 0.3) is 0 Å². The Balaban J connectivity index is 2.20. The van der Waals surface area contributed by atoms with Crippen molar-refractivity contribution in [1.29, 1.82) is 0 Å². The zero-order valence-electron chi connectivity index (χ0n) is 15.5. The highest BCUT2D eigenvalue weighted by molar-refractivity contribution is 6.74. The van der Waals surface area contributed by atoms with Crippen LogP contribution in [0.3, 0.4) is 0 Å². The van der Waals surface area contributed by atoms with Gasteiger partial charge in [0.05, 0.1) is 12.4 Å². The number of hydrogen-bond acceptors (Lipinski definition) is 5. The number of nitrogens with zero attached hydrogens (tertiary/aromatic N) is 1. The molecule has 0 aliphatic carbocycles. The van der Waals surface area contributed by atoms with Crippen LogP contribution >= 0.6 is 0 Å². The molecule has 0 saturated carbocycles. The Morgan fingerprint density at radius 2 is 2.00 bits per heavy atom. The van der Waals surface area contributed by atoms with E-state index in [1.807, 2.05) is 0 Å². The Morgan fingerprint density at radius 3 is 2.54 bits per heavy atom.